The number of hydrogen-bond acceptors (Lipinski definition) is 6. The van der Waals surface area contributed by atoms with Crippen molar-refractivity contribution in [2.45, 2.75) is 19.4 Å². The van der Waals surface area contributed by atoms with Crippen LogP contribution in [-0.2, 0) is 0 Å². The molecule has 0 saturated heterocycles. The number of aliphatic hydroxyl groups excluding tert-OH is 1. The maximum atomic E-state index is 10.6. The van der Waals surface area contributed by atoms with Crippen LogP contribution < -0.4 is 5.32 Å². The lowest BCUT2D eigenvalue weighted by Gasteiger charge is -2.06. The Balaban J connectivity index is 2.19. The summed E-state index contributed by atoms with van der Waals surface area (Å²) in [6.45, 7) is 2.19. The van der Waals surface area contributed by atoms with E-state index in [1.165, 1.54) is 18.2 Å². The average Bonchev–Trinajstić information content (AvgIpc) is 2.77. The highest BCUT2D eigenvalue weighted by molar-refractivity contribution is 5.77. The second-order valence-corrected chi connectivity index (χ2v) is 3.87. The second kappa shape index (κ2) is 5.01. The van der Waals surface area contributed by atoms with E-state index in [-0.39, 0.29) is 11.7 Å². The molecule has 18 heavy (non-hydrogen) atoms. The van der Waals surface area contributed by atoms with E-state index < -0.39 is 11.0 Å². The molecule has 7 heteroatoms. The number of aliphatic hydroxyl groups is 1. The Hall–Kier alpha value is -2.15. The Kier molecular flexibility index (Phi) is 3.42. The fourth-order valence-electron chi connectivity index (χ4n) is 1.45. The molecule has 1 atom stereocenters. The van der Waals surface area contributed by atoms with Crippen LogP contribution in [0.4, 0.5) is 11.7 Å². The van der Waals surface area contributed by atoms with E-state index in [0.717, 1.165) is 0 Å². The lowest BCUT2D eigenvalue weighted by Crippen LogP contribution is -2.18. The van der Waals surface area contributed by atoms with E-state index in [2.05, 4.69) is 10.3 Å². The third-order valence-corrected chi connectivity index (χ3v) is 2.54. The molecule has 0 bridgehead atoms. The number of nitro benzene ring substituents is 1. The first-order valence-corrected chi connectivity index (χ1v) is 5.57. The van der Waals surface area contributed by atoms with Gasteiger partial charge in [-0.1, -0.05) is 6.92 Å². The van der Waals surface area contributed by atoms with Gasteiger partial charge in [-0.25, -0.2) is 0 Å². The van der Waals surface area contributed by atoms with Crippen LogP contribution in [0.5, 0.6) is 0 Å². The van der Waals surface area contributed by atoms with Crippen molar-refractivity contribution in [2.75, 3.05) is 11.9 Å². The molecule has 1 aromatic heterocycles. The van der Waals surface area contributed by atoms with Gasteiger partial charge in [-0.15, -0.1) is 0 Å². The molecule has 2 rings (SSSR count). The summed E-state index contributed by atoms with van der Waals surface area (Å²) in [5.74, 6) is 0. The number of oxazole rings is 1. The standard InChI is InChI=1S/C11H13N3O4/c1-2-8(15)6-12-11-13-9-4-3-7(14(16)17)5-10(9)18-11/h3-5,8,15H,2,6H2,1H3,(H,12,13). The van der Waals surface area contributed by atoms with Crippen molar-refractivity contribution in [3.63, 3.8) is 0 Å². The Morgan fingerprint density at radius 1 is 1.61 bits per heavy atom. The third kappa shape index (κ3) is 2.57. The summed E-state index contributed by atoms with van der Waals surface area (Å²) >= 11 is 0. The Morgan fingerprint density at radius 3 is 3.06 bits per heavy atom. The van der Waals surface area contributed by atoms with Gasteiger partial charge in [0.15, 0.2) is 5.58 Å². The molecule has 0 aliphatic carbocycles. The molecule has 1 unspecified atom stereocenters. The van der Waals surface area contributed by atoms with Crippen molar-refractivity contribution in [3.8, 4) is 0 Å². The van der Waals surface area contributed by atoms with E-state index in [1.54, 1.807) is 0 Å². The molecule has 1 heterocycles. The highest BCUT2D eigenvalue weighted by Crippen LogP contribution is 2.23. The predicted octanol–water partition coefficient (Wildman–Crippen LogP) is 1.92. The fourth-order valence-corrected chi connectivity index (χ4v) is 1.45. The van der Waals surface area contributed by atoms with E-state index >= 15 is 0 Å². The molecule has 96 valence electrons. The van der Waals surface area contributed by atoms with Crippen LogP contribution in [0.2, 0.25) is 0 Å². The molecule has 2 aromatic rings. The van der Waals surface area contributed by atoms with E-state index in [0.29, 0.717) is 24.1 Å². The van der Waals surface area contributed by atoms with Crippen LogP contribution in [0.3, 0.4) is 0 Å². The van der Waals surface area contributed by atoms with Gasteiger partial charge < -0.3 is 14.8 Å². The number of hydrogen-bond donors (Lipinski definition) is 2. The van der Waals surface area contributed by atoms with Gasteiger partial charge in [0.25, 0.3) is 11.7 Å². The smallest absolute Gasteiger partial charge is 0.295 e. The van der Waals surface area contributed by atoms with Crippen LogP contribution in [-0.4, -0.2) is 27.7 Å². The van der Waals surface area contributed by atoms with Gasteiger partial charge in [0.05, 0.1) is 17.1 Å². The van der Waals surface area contributed by atoms with Crippen molar-refractivity contribution >= 4 is 22.8 Å². The summed E-state index contributed by atoms with van der Waals surface area (Å²) in [6.07, 6.45) is 0.146. The lowest BCUT2D eigenvalue weighted by atomic mass is 10.3. The summed E-state index contributed by atoms with van der Waals surface area (Å²) in [5, 5.41) is 22.8. The predicted molar refractivity (Wildman–Crippen MR) is 65.5 cm³/mol. The van der Waals surface area contributed by atoms with Gasteiger partial charge in [0, 0.05) is 12.6 Å². The Morgan fingerprint density at radius 2 is 2.39 bits per heavy atom. The molecular formula is C11H13N3O4. The van der Waals surface area contributed by atoms with Crippen molar-refractivity contribution < 1.29 is 14.4 Å². The lowest BCUT2D eigenvalue weighted by molar-refractivity contribution is -0.384. The number of rotatable bonds is 5. The van der Waals surface area contributed by atoms with Crippen molar-refractivity contribution in [2.24, 2.45) is 0 Å². The number of nitro groups is 1. The van der Waals surface area contributed by atoms with Crippen LogP contribution in [0.1, 0.15) is 13.3 Å². The van der Waals surface area contributed by atoms with E-state index in [4.69, 9.17) is 4.42 Å². The molecule has 0 spiro atoms. The molecule has 0 aliphatic rings. The van der Waals surface area contributed by atoms with Gasteiger partial charge in [0.1, 0.15) is 5.52 Å². The second-order valence-electron chi connectivity index (χ2n) is 3.87. The van der Waals surface area contributed by atoms with Crippen molar-refractivity contribution in [1.29, 1.82) is 0 Å². The molecule has 2 N–H and O–H groups in total. The van der Waals surface area contributed by atoms with Crippen molar-refractivity contribution in [3.05, 3.63) is 28.3 Å². The number of anilines is 1. The van der Waals surface area contributed by atoms with Gasteiger partial charge in [-0.05, 0) is 12.5 Å². The quantitative estimate of drug-likeness (QED) is 0.621. The Labute approximate surface area is 103 Å². The van der Waals surface area contributed by atoms with Crippen LogP contribution in [0.15, 0.2) is 22.6 Å². The van der Waals surface area contributed by atoms with E-state index in [9.17, 15) is 15.2 Å². The van der Waals surface area contributed by atoms with Crippen molar-refractivity contribution in [1.82, 2.24) is 4.98 Å². The largest absolute Gasteiger partial charge is 0.423 e. The normalized spacial score (nSPS) is 12.6. The molecule has 0 radical (unpaired) electrons. The third-order valence-electron chi connectivity index (χ3n) is 2.54. The van der Waals surface area contributed by atoms with Gasteiger partial charge >= 0.3 is 0 Å². The topological polar surface area (TPSA) is 101 Å². The first kappa shape index (κ1) is 12.3. The number of non-ortho nitro benzene ring substituents is 1. The molecule has 0 fully saturated rings. The number of fused-ring (bicyclic) bond motifs is 1. The highest BCUT2D eigenvalue weighted by atomic mass is 16.6. The zero-order valence-corrected chi connectivity index (χ0v) is 9.79. The molecule has 0 amide bonds. The first-order chi connectivity index (χ1) is 8.60. The number of nitrogens with one attached hydrogen (secondary N) is 1. The summed E-state index contributed by atoms with van der Waals surface area (Å²) in [5.41, 5.74) is 0.838. The highest BCUT2D eigenvalue weighted by Gasteiger charge is 2.12. The minimum atomic E-state index is -0.490. The zero-order valence-electron chi connectivity index (χ0n) is 9.79. The monoisotopic (exact) mass is 251 g/mol. The number of benzene rings is 1. The minimum Gasteiger partial charge on any atom is -0.423 e. The van der Waals surface area contributed by atoms with Crippen LogP contribution in [0.25, 0.3) is 11.1 Å². The molecule has 7 nitrogen and oxygen atoms in total. The molecule has 0 saturated carbocycles. The maximum absolute atomic E-state index is 10.6. The summed E-state index contributed by atoms with van der Waals surface area (Å²) < 4.78 is 5.32. The fraction of sp³-hybridized carbons (Fsp3) is 0.364. The van der Waals surface area contributed by atoms with Gasteiger partial charge in [-0.3, -0.25) is 10.1 Å². The molecule has 1 aromatic carbocycles. The first-order valence-electron chi connectivity index (χ1n) is 5.57. The van der Waals surface area contributed by atoms with Crippen LogP contribution >= 0.6 is 0 Å². The minimum absolute atomic E-state index is 0.0428. The average molecular weight is 251 g/mol. The van der Waals surface area contributed by atoms with Gasteiger partial charge in [0.2, 0.25) is 0 Å². The summed E-state index contributed by atoms with van der Waals surface area (Å²) in [7, 11) is 0. The number of nitrogens with zero attached hydrogens (tertiary/aromatic N) is 2. The van der Waals surface area contributed by atoms with Gasteiger partial charge in [-0.2, -0.15) is 4.98 Å². The molecule has 0 aliphatic heterocycles. The SMILES string of the molecule is CCC(O)CNc1nc2ccc([N+](=O)[O-])cc2o1. The molecular weight excluding hydrogens is 238 g/mol. The summed E-state index contributed by atoms with van der Waals surface area (Å²) in [4.78, 5) is 14.2. The van der Waals surface area contributed by atoms with Crippen LogP contribution in [0, 0.1) is 10.1 Å². The number of aromatic nitrogens is 1. The summed E-state index contributed by atoms with van der Waals surface area (Å²) in [6, 6.07) is 4.47. The Bertz CT molecular complexity index is 566. The maximum Gasteiger partial charge on any atom is 0.295 e. The zero-order chi connectivity index (χ0) is 13.1. The van der Waals surface area contributed by atoms with E-state index in [1.807, 2.05) is 6.92 Å².